The van der Waals surface area contributed by atoms with Gasteiger partial charge in [0, 0.05) is 15.2 Å². The van der Waals surface area contributed by atoms with E-state index in [1.807, 2.05) is 57.2 Å². The topological polar surface area (TPSA) is 89.0 Å². The lowest BCUT2D eigenvalue weighted by Gasteiger charge is -2.14. The molecule has 4 rings (SSSR count). The number of carbonyl (C=O) groups excluding carboxylic acids is 2. The molecule has 0 saturated carbocycles. The molecule has 196 valence electrons. The van der Waals surface area contributed by atoms with Gasteiger partial charge in [0.15, 0.2) is 23.3 Å². The van der Waals surface area contributed by atoms with Crippen LogP contribution in [0, 0.1) is 13.8 Å². The second-order valence-electron chi connectivity index (χ2n) is 8.32. The van der Waals surface area contributed by atoms with Crippen molar-refractivity contribution in [2.45, 2.75) is 20.8 Å². The number of anilines is 1. The number of amidine groups is 1. The molecule has 0 unspecified atom stereocenters. The third-order valence-electron chi connectivity index (χ3n) is 5.46. The summed E-state index contributed by atoms with van der Waals surface area (Å²) in [5, 5.41) is 6.67. The molecule has 0 atom stereocenters. The smallest absolute Gasteiger partial charge is 0.264 e. The van der Waals surface area contributed by atoms with E-state index in [1.54, 1.807) is 24.3 Å². The van der Waals surface area contributed by atoms with Gasteiger partial charge in [0.1, 0.15) is 0 Å². The monoisotopic (exact) mass is 613 g/mol. The first-order valence-corrected chi connectivity index (χ1v) is 13.7. The van der Waals surface area contributed by atoms with Crippen LogP contribution in [0.1, 0.15) is 23.6 Å². The number of thioether (sulfide) groups is 1. The zero-order chi connectivity index (χ0) is 27.2. The molecule has 1 heterocycles. The number of nitrogens with zero attached hydrogens (tertiary/aromatic N) is 1. The molecular weight excluding hydrogens is 590 g/mol. The van der Waals surface area contributed by atoms with Crippen molar-refractivity contribution in [1.29, 1.82) is 0 Å². The van der Waals surface area contributed by atoms with E-state index in [4.69, 9.17) is 21.1 Å². The highest BCUT2D eigenvalue weighted by Crippen LogP contribution is 2.37. The summed E-state index contributed by atoms with van der Waals surface area (Å²) in [6, 6.07) is 16.4. The van der Waals surface area contributed by atoms with Gasteiger partial charge < -0.3 is 20.1 Å². The largest absolute Gasteiger partial charge is 0.490 e. The first-order valence-electron chi connectivity index (χ1n) is 11.7. The molecule has 38 heavy (non-hydrogen) atoms. The van der Waals surface area contributed by atoms with Crippen LogP contribution in [0.15, 0.2) is 69.0 Å². The van der Waals surface area contributed by atoms with Gasteiger partial charge in [-0.2, -0.15) is 0 Å². The van der Waals surface area contributed by atoms with Crippen LogP contribution in [-0.4, -0.2) is 30.2 Å². The Morgan fingerprint density at radius 1 is 1.13 bits per heavy atom. The van der Waals surface area contributed by atoms with Crippen molar-refractivity contribution in [3.8, 4) is 11.5 Å². The van der Waals surface area contributed by atoms with E-state index < -0.39 is 0 Å². The summed E-state index contributed by atoms with van der Waals surface area (Å²) in [7, 11) is 0. The summed E-state index contributed by atoms with van der Waals surface area (Å²) in [4.78, 5) is 30.1. The third kappa shape index (κ3) is 6.98. The number of carbonyl (C=O) groups is 2. The Kier molecular flexibility index (Phi) is 9.14. The Morgan fingerprint density at radius 2 is 1.87 bits per heavy atom. The lowest BCUT2D eigenvalue weighted by Crippen LogP contribution is -2.20. The molecule has 2 amide bonds. The van der Waals surface area contributed by atoms with Crippen molar-refractivity contribution in [2.24, 2.45) is 4.99 Å². The second-order valence-corrected chi connectivity index (χ2v) is 10.6. The number of hydrogen-bond donors (Lipinski definition) is 2. The SMILES string of the molecule is CCOc1cc(/C=C2/SC(=Nc3cccc(Cl)c3C)NC2=O)c(Br)cc1OCC(=O)Nc1ccc(C)cc1. The maximum Gasteiger partial charge on any atom is 0.264 e. The van der Waals surface area contributed by atoms with Crippen molar-refractivity contribution in [2.75, 3.05) is 18.5 Å². The van der Waals surface area contributed by atoms with Gasteiger partial charge in [-0.15, -0.1) is 0 Å². The van der Waals surface area contributed by atoms with E-state index in [-0.39, 0.29) is 18.4 Å². The fraction of sp³-hybridized carbons (Fsp3) is 0.179. The second kappa shape index (κ2) is 12.5. The molecular formula is C28H25BrClN3O4S. The van der Waals surface area contributed by atoms with Crippen molar-refractivity contribution in [1.82, 2.24) is 5.32 Å². The molecule has 2 N–H and O–H groups in total. The van der Waals surface area contributed by atoms with Gasteiger partial charge in [0.2, 0.25) is 0 Å². The Hall–Kier alpha value is -3.27. The van der Waals surface area contributed by atoms with Crippen LogP contribution in [0.3, 0.4) is 0 Å². The minimum atomic E-state index is -0.292. The first kappa shape index (κ1) is 27.8. The van der Waals surface area contributed by atoms with Crippen LogP contribution >= 0.6 is 39.3 Å². The number of aliphatic imine (C=N–C) groups is 1. The Bertz CT molecular complexity index is 1440. The molecule has 1 aliphatic rings. The summed E-state index contributed by atoms with van der Waals surface area (Å²) in [6.45, 7) is 5.92. The van der Waals surface area contributed by atoms with Crippen molar-refractivity contribution in [3.63, 3.8) is 0 Å². The number of hydrogen-bond acceptors (Lipinski definition) is 6. The molecule has 3 aromatic rings. The molecule has 0 spiro atoms. The molecule has 7 nitrogen and oxygen atoms in total. The minimum absolute atomic E-state index is 0.193. The molecule has 10 heteroatoms. The molecule has 0 bridgehead atoms. The predicted molar refractivity (Wildman–Crippen MR) is 158 cm³/mol. The average Bonchev–Trinajstić information content (AvgIpc) is 3.22. The zero-order valence-corrected chi connectivity index (χ0v) is 24.1. The number of halogens is 2. The molecule has 1 aliphatic heterocycles. The third-order valence-corrected chi connectivity index (χ3v) is 7.46. The molecule has 1 saturated heterocycles. The number of ether oxygens (including phenoxy) is 2. The Balaban J connectivity index is 1.50. The summed E-state index contributed by atoms with van der Waals surface area (Å²) in [6.07, 6.45) is 1.74. The van der Waals surface area contributed by atoms with Crippen molar-refractivity contribution < 1.29 is 19.1 Å². The lowest BCUT2D eigenvalue weighted by molar-refractivity contribution is -0.118. The van der Waals surface area contributed by atoms with Crippen LogP contribution in [0.25, 0.3) is 6.08 Å². The van der Waals surface area contributed by atoms with Gasteiger partial charge in [-0.3, -0.25) is 9.59 Å². The van der Waals surface area contributed by atoms with Crippen molar-refractivity contribution >= 4 is 73.7 Å². The van der Waals surface area contributed by atoms with Gasteiger partial charge >= 0.3 is 0 Å². The van der Waals surface area contributed by atoms with Crippen LogP contribution < -0.4 is 20.1 Å². The lowest BCUT2D eigenvalue weighted by atomic mass is 10.2. The van der Waals surface area contributed by atoms with Crippen LogP contribution in [-0.2, 0) is 9.59 Å². The summed E-state index contributed by atoms with van der Waals surface area (Å²) in [5.74, 6) is 0.311. The van der Waals surface area contributed by atoms with E-state index in [9.17, 15) is 9.59 Å². The Labute approximate surface area is 238 Å². The molecule has 0 radical (unpaired) electrons. The Morgan fingerprint density at radius 3 is 2.61 bits per heavy atom. The van der Waals surface area contributed by atoms with Gasteiger partial charge in [-0.05, 0) is 86.1 Å². The number of nitrogens with one attached hydrogen (secondary N) is 2. The number of amides is 2. The van der Waals surface area contributed by atoms with E-state index in [0.29, 0.717) is 54.6 Å². The van der Waals surface area contributed by atoms with Crippen LogP contribution in [0.5, 0.6) is 11.5 Å². The maximum absolute atomic E-state index is 12.6. The van der Waals surface area contributed by atoms with Gasteiger partial charge in [0.05, 0.1) is 17.2 Å². The van der Waals surface area contributed by atoms with E-state index in [0.717, 1.165) is 11.1 Å². The normalized spacial score (nSPS) is 15.0. The van der Waals surface area contributed by atoms with Crippen LogP contribution in [0.4, 0.5) is 11.4 Å². The summed E-state index contributed by atoms with van der Waals surface area (Å²) in [5.41, 5.74) is 4.03. The first-order chi connectivity index (χ1) is 18.2. The summed E-state index contributed by atoms with van der Waals surface area (Å²) < 4.78 is 12.2. The minimum Gasteiger partial charge on any atom is -0.490 e. The predicted octanol–water partition coefficient (Wildman–Crippen LogP) is 7.03. The highest BCUT2D eigenvalue weighted by molar-refractivity contribution is 9.10. The van der Waals surface area contributed by atoms with Gasteiger partial charge in [-0.25, -0.2) is 4.99 Å². The number of aryl methyl sites for hydroxylation is 1. The van der Waals surface area contributed by atoms with Crippen LogP contribution in [0.2, 0.25) is 5.02 Å². The molecule has 0 aliphatic carbocycles. The van der Waals surface area contributed by atoms with Gasteiger partial charge in [0.25, 0.3) is 11.8 Å². The van der Waals surface area contributed by atoms with E-state index in [2.05, 4.69) is 31.6 Å². The average molecular weight is 615 g/mol. The quantitative estimate of drug-likeness (QED) is 0.266. The van der Waals surface area contributed by atoms with E-state index >= 15 is 0 Å². The highest BCUT2D eigenvalue weighted by atomic mass is 79.9. The molecule has 3 aromatic carbocycles. The zero-order valence-electron chi connectivity index (χ0n) is 20.9. The van der Waals surface area contributed by atoms with E-state index in [1.165, 1.54) is 11.8 Å². The highest BCUT2D eigenvalue weighted by Gasteiger charge is 2.25. The molecule has 1 fully saturated rings. The van der Waals surface area contributed by atoms with Gasteiger partial charge in [-0.1, -0.05) is 51.3 Å². The number of benzene rings is 3. The number of rotatable bonds is 8. The fourth-order valence-corrected chi connectivity index (χ4v) is 4.90. The van der Waals surface area contributed by atoms with Crippen molar-refractivity contribution in [3.05, 3.63) is 85.7 Å². The fourth-order valence-electron chi connectivity index (χ4n) is 3.47. The maximum atomic E-state index is 12.6. The summed E-state index contributed by atoms with van der Waals surface area (Å²) >= 11 is 11.0. The molecule has 0 aromatic heterocycles. The standard InChI is InChI=1S/C28H25BrClN3O4S/c1-4-36-23-12-18(13-25-27(35)33-28(38-25)32-22-7-5-6-21(30)17(22)3)20(29)14-24(23)37-15-26(34)31-19-10-8-16(2)9-11-19/h5-14H,4,15H2,1-3H3,(H,31,34)(H,32,33,35)/b25-13+.